The molecule has 43 heavy (non-hydrogen) atoms. The second kappa shape index (κ2) is 35.4. The Morgan fingerprint density at radius 1 is 0.558 bits per heavy atom. The van der Waals surface area contributed by atoms with Gasteiger partial charge in [-0.05, 0) is 44.9 Å². The van der Waals surface area contributed by atoms with Crippen molar-refractivity contribution < 1.29 is 15.0 Å². The lowest BCUT2D eigenvalue weighted by Crippen LogP contribution is -2.45. The normalized spacial score (nSPS) is 13.3. The van der Waals surface area contributed by atoms with E-state index in [1.54, 1.807) is 0 Å². The van der Waals surface area contributed by atoms with Gasteiger partial charge < -0.3 is 15.5 Å². The standard InChI is InChI=1S/C39H75NO3/c1-3-5-7-9-11-13-15-17-19-20-21-23-25-27-29-31-33-35-39(43)40-37(36-41)38(42)34-32-30-28-26-24-22-18-16-14-12-10-8-6-4-2/h11,13,17,19,37-38,41-42H,3-10,12,14-16,18,20-36H2,1-2H3,(H,40,43)/b13-11-,19-17-. The lowest BCUT2D eigenvalue weighted by molar-refractivity contribution is -0.123. The molecular formula is C39H75NO3. The molecule has 0 aromatic heterocycles. The SMILES string of the molecule is CCCCC/C=C\C/C=C\CCCCCCCCCC(=O)NC(CO)C(O)CCCCCCCCCCCCCCCC. The molecule has 0 radical (unpaired) electrons. The first-order valence-corrected chi connectivity index (χ1v) is 19.0. The number of hydrogen-bond acceptors (Lipinski definition) is 3. The zero-order valence-corrected chi connectivity index (χ0v) is 29.0. The van der Waals surface area contributed by atoms with Gasteiger partial charge in [0, 0.05) is 6.42 Å². The monoisotopic (exact) mass is 606 g/mol. The van der Waals surface area contributed by atoms with Crippen LogP contribution in [-0.2, 0) is 4.79 Å². The number of aliphatic hydroxyl groups excluding tert-OH is 2. The van der Waals surface area contributed by atoms with Crippen LogP contribution >= 0.6 is 0 Å². The highest BCUT2D eigenvalue weighted by Gasteiger charge is 2.19. The van der Waals surface area contributed by atoms with Crippen LogP contribution in [0.3, 0.4) is 0 Å². The summed E-state index contributed by atoms with van der Waals surface area (Å²) in [6.45, 7) is 4.32. The van der Waals surface area contributed by atoms with E-state index in [1.807, 2.05) is 0 Å². The molecule has 0 aliphatic rings. The van der Waals surface area contributed by atoms with Gasteiger partial charge in [-0.15, -0.1) is 0 Å². The molecular weight excluding hydrogens is 530 g/mol. The highest BCUT2D eigenvalue weighted by atomic mass is 16.3. The van der Waals surface area contributed by atoms with Crippen LogP contribution in [0.5, 0.6) is 0 Å². The molecule has 254 valence electrons. The summed E-state index contributed by atoms with van der Waals surface area (Å²) in [5.41, 5.74) is 0. The van der Waals surface area contributed by atoms with E-state index in [9.17, 15) is 15.0 Å². The van der Waals surface area contributed by atoms with Crippen molar-refractivity contribution in [1.29, 1.82) is 0 Å². The second-order valence-corrected chi connectivity index (χ2v) is 13.0. The first-order chi connectivity index (χ1) is 21.2. The minimum absolute atomic E-state index is 0.0401. The molecule has 0 fully saturated rings. The fourth-order valence-corrected chi connectivity index (χ4v) is 5.74. The van der Waals surface area contributed by atoms with Crippen LogP contribution in [0.2, 0.25) is 0 Å². The second-order valence-electron chi connectivity index (χ2n) is 13.0. The topological polar surface area (TPSA) is 69.6 Å². The maximum absolute atomic E-state index is 12.3. The molecule has 0 heterocycles. The van der Waals surface area contributed by atoms with Crippen molar-refractivity contribution in [2.24, 2.45) is 0 Å². The van der Waals surface area contributed by atoms with Crippen molar-refractivity contribution in [1.82, 2.24) is 5.32 Å². The minimum atomic E-state index is -0.659. The Hall–Kier alpha value is -1.13. The third kappa shape index (κ3) is 32.1. The van der Waals surface area contributed by atoms with Gasteiger partial charge in [-0.1, -0.05) is 173 Å². The number of aliphatic hydroxyl groups is 2. The summed E-state index contributed by atoms with van der Waals surface area (Å²) in [4.78, 5) is 12.3. The third-order valence-electron chi connectivity index (χ3n) is 8.72. The van der Waals surface area contributed by atoms with E-state index in [0.717, 1.165) is 32.1 Å². The first-order valence-electron chi connectivity index (χ1n) is 19.0. The van der Waals surface area contributed by atoms with Gasteiger partial charge in [0.15, 0.2) is 0 Å². The molecule has 0 saturated carbocycles. The van der Waals surface area contributed by atoms with Crippen molar-refractivity contribution in [2.75, 3.05) is 6.61 Å². The van der Waals surface area contributed by atoms with Crippen LogP contribution in [0.1, 0.15) is 200 Å². The zero-order chi connectivity index (χ0) is 31.5. The summed E-state index contributed by atoms with van der Waals surface area (Å²) in [7, 11) is 0. The van der Waals surface area contributed by atoms with Crippen LogP contribution in [0.15, 0.2) is 24.3 Å². The van der Waals surface area contributed by atoms with Gasteiger partial charge >= 0.3 is 0 Å². The highest BCUT2D eigenvalue weighted by molar-refractivity contribution is 5.76. The molecule has 0 spiro atoms. The Labute approximate surface area is 269 Å². The molecule has 4 heteroatoms. The quantitative estimate of drug-likeness (QED) is 0.0505. The molecule has 0 aliphatic heterocycles. The van der Waals surface area contributed by atoms with Crippen molar-refractivity contribution in [3.05, 3.63) is 24.3 Å². The molecule has 0 aliphatic carbocycles. The van der Waals surface area contributed by atoms with Crippen LogP contribution in [0, 0.1) is 0 Å². The summed E-state index contributed by atoms with van der Waals surface area (Å²) in [5.74, 6) is -0.0401. The average molecular weight is 606 g/mol. The maximum Gasteiger partial charge on any atom is 0.220 e. The zero-order valence-electron chi connectivity index (χ0n) is 29.0. The number of nitrogens with one attached hydrogen (secondary N) is 1. The number of carbonyl (C=O) groups excluding carboxylic acids is 1. The number of hydrogen-bond donors (Lipinski definition) is 3. The molecule has 0 rings (SSSR count). The van der Waals surface area contributed by atoms with Crippen LogP contribution < -0.4 is 5.32 Å². The van der Waals surface area contributed by atoms with Crippen molar-refractivity contribution in [3.63, 3.8) is 0 Å². The summed E-state index contributed by atoms with van der Waals surface area (Å²) < 4.78 is 0. The lowest BCUT2D eigenvalue weighted by atomic mass is 10.0. The van der Waals surface area contributed by atoms with E-state index >= 15 is 0 Å². The van der Waals surface area contributed by atoms with E-state index in [4.69, 9.17) is 0 Å². The van der Waals surface area contributed by atoms with E-state index < -0.39 is 12.1 Å². The summed E-state index contributed by atoms with van der Waals surface area (Å²) in [5, 5.41) is 23.1. The van der Waals surface area contributed by atoms with Crippen molar-refractivity contribution >= 4 is 5.91 Å². The van der Waals surface area contributed by atoms with Gasteiger partial charge in [0.05, 0.1) is 18.8 Å². The Morgan fingerprint density at radius 3 is 1.44 bits per heavy atom. The smallest absolute Gasteiger partial charge is 0.220 e. The Balaban J connectivity index is 3.57. The molecule has 2 atom stereocenters. The predicted molar refractivity (Wildman–Crippen MR) is 189 cm³/mol. The first kappa shape index (κ1) is 41.9. The van der Waals surface area contributed by atoms with E-state index in [2.05, 4.69) is 43.5 Å². The number of unbranched alkanes of at least 4 members (excludes halogenated alkanes) is 23. The minimum Gasteiger partial charge on any atom is -0.394 e. The van der Waals surface area contributed by atoms with E-state index in [-0.39, 0.29) is 12.5 Å². The fraction of sp³-hybridized carbons (Fsp3) is 0.872. The van der Waals surface area contributed by atoms with Crippen LogP contribution in [0.4, 0.5) is 0 Å². The van der Waals surface area contributed by atoms with E-state index in [1.165, 1.54) is 141 Å². The summed E-state index contributed by atoms with van der Waals surface area (Å²) in [6, 6.07) is -0.537. The number of rotatable bonds is 34. The van der Waals surface area contributed by atoms with Gasteiger partial charge in [-0.25, -0.2) is 0 Å². The lowest BCUT2D eigenvalue weighted by Gasteiger charge is -2.22. The van der Waals surface area contributed by atoms with Crippen LogP contribution in [0.25, 0.3) is 0 Å². The molecule has 0 aromatic rings. The van der Waals surface area contributed by atoms with Gasteiger partial charge in [0.25, 0.3) is 0 Å². The highest BCUT2D eigenvalue weighted by Crippen LogP contribution is 2.15. The van der Waals surface area contributed by atoms with Crippen molar-refractivity contribution in [3.8, 4) is 0 Å². The molecule has 0 saturated heterocycles. The van der Waals surface area contributed by atoms with E-state index in [0.29, 0.717) is 12.8 Å². The third-order valence-corrected chi connectivity index (χ3v) is 8.72. The summed E-state index contributed by atoms with van der Waals surface area (Å²) in [6.07, 6.45) is 43.7. The fourth-order valence-electron chi connectivity index (χ4n) is 5.74. The van der Waals surface area contributed by atoms with Crippen LogP contribution in [-0.4, -0.2) is 34.9 Å². The van der Waals surface area contributed by atoms with Gasteiger partial charge in [-0.2, -0.15) is 0 Å². The Morgan fingerprint density at radius 2 is 0.953 bits per heavy atom. The Bertz CT molecular complexity index is 618. The molecule has 0 bridgehead atoms. The Kier molecular flexibility index (Phi) is 34.4. The van der Waals surface area contributed by atoms with Gasteiger partial charge in [-0.3, -0.25) is 4.79 Å². The molecule has 3 N–H and O–H groups in total. The predicted octanol–water partition coefficient (Wildman–Crippen LogP) is 11.3. The number of amides is 1. The molecule has 4 nitrogen and oxygen atoms in total. The summed E-state index contributed by atoms with van der Waals surface area (Å²) >= 11 is 0. The molecule has 1 amide bonds. The largest absolute Gasteiger partial charge is 0.394 e. The average Bonchev–Trinajstić information content (AvgIpc) is 3.01. The van der Waals surface area contributed by atoms with Gasteiger partial charge in [0.2, 0.25) is 5.91 Å². The molecule has 2 unspecified atom stereocenters. The number of allylic oxidation sites excluding steroid dienone is 4. The van der Waals surface area contributed by atoms with Crippen molar-refractivity contribution in [2.45, 2.75) is 212 Å². The number of carbonyl (C=O) groups is 1. The maximum atomic E-state index is 12.3. The van der Waals surface area contributed by atoms with Gasteiger partial charge in [0.1, 0.15) is 0 Å². The molecule has 0 aromatic carbocycles.